The Hall–Kier alpha value is -7.75. The highest BCUT2D eigenvalue weighted by molar-refractivity contribution is 6.00. The Kier molecular flexibility index (Phi) is 13.6. The average Bonchev–Trinajstić information content (AvgIpc) is 3.53. The number of nitro benzene ring substituents is 1. The lowest BCUT2D eigenvalue weighted by Gasteiger charge is -2.25. The third kappa shape index (κ3) is 10.3. The lowest BCUT2D eigenvalue weighted by molar-refractivity contribution is -0.384. The topological polar surface area (TPSA) is 187 Å². The molecule has 5 aromatic carbocycles. The van der Waals surface area contributed by atoms with Crippen LogP contribution >= 0.6 is 0 Å². The molecule has 0 unspecified atom stereocenters. The molecule has 4 amide bonds. The van der Waals surface area contributed by atoms with Crippen LogP contribution in [0.5, 0.6) is 11.5 Å². The Morgan fingerprint density at radius 1 is 0.623 bits per heavy atom. The number of benzene rings is 5. The third-order valence-corrected chi connectivity index (χ3v) is 10.2. The van der Waals surface area contributed by atoms with E-state index in [9.17, 15) is 34.1 Å². The summed E-state index contributed by atoms with van der Waals surface area (Å²) in [5.74, 6) is -1.10. The summed E-state index contributed by atoms with van der Waals surface area (Å²) >= 11 is 0. The van der Waals surface area contributed by atoms with Crippen molar-refractivity contribution >= 4 is 51.7 Å². The minimum Gasteiger partial charge on any atom is -0.497 e. The fourth-order valence-electron chi connectivity index (χ4n) is 6.93. The molecule has 0 saturated heterocycles. The number of carbonyl (C=O) groups excluding carboxylic acids is 4. The molecule has 0 aliphatic rings. The first-order valence-electron chi connectivity index (χ1n) is 19.2. The zero-order chi connectivity index (χ0) is 43.6. The van der Waals surface area contributed by atoms with Gasteiger partial charge in [-0.05, 0) is 65.7 Å². The van der Waals surface area contributed by atoms with Crippen molar-refractivity contribution in [1.29, 1.82) is 0 Å². The van der Waals surface area contributed by atoms with Crippen LogP contribution in [0.2, 0.25) is 0 Å². The lowest BCUT2D eigenvalue weighted by atomic mass is 10.0. The number of carbonyl (C=O) groups is 4. The van der Waals surface area contributed by atoms with E-state index in [1.54, 1.807) is 62.6 Å². The molecule has 6 aromatic rings. The molecule has 0 spiro atoms. The van der Waals surface area contributed by atoms with E-state index in [4.69, 9.17) is 9.47 Å². The second-order valence-corrected chi connectivity index (χ2v) is 14.2. The zero-order valence-electron chi connectivity index (χ0n) is 34.0. The summed E-state index contributed by atoms with van der Waals surface area (Å²) < 4.78 is 12.6. The normalized spacial score (nSPS) is 11.9. The number of rotatable bonds is 17. The highest BCUT2D eigenvalue weighted by Gasteiger charge is 2.29. The van der Waals surface area contributed by atoms with Crippen LogP contribution in [0.4, 0.5) is 17.1 Å². The van der Waals surface area contributed by atoms with Gasteiger partial charge in [0.05, 0.1) is 30.2 Å². The number of nitrogens with zero attached hydrogens (tertiary/aromatic N) is 5. The number of imidazole rings is 1. The predicted octanol–water partition coefficient (Wildman–Crippen LogP) is 4.51. The van der Waals surface area contributed by atoms with Crippen molar-refractivity contribution in [3.05, 3.63) is 159 Å². The first-order valence-corrected chi connectivity index (χ1v) is 19.2. The van der Waals surface area contributed by atoms with Gasteiger partial charge >= 0.3 is 5.69 Å². The van der Waals surface area contributed by atoms with Gasteiger partial charge in [-0.1, -0.05) is 60.7 Å². The monoisotopic (exact) mass is 827 g/mol. The molecule has 0 fully saturated rings. The van der Waals surface area contributed by atoms with E-state index in [1.807, 2.05) is 60.7 Å². The summed E-state index contributed by atoms with van der Waals surface area (Å²) in [6.07, 6.45) is 0.246. The highest BCUT2D eigenvalue weighted by atomic mass is 16.6. The second-order valence-electron chi connectivity index (χ2n) is 14.2. The molecule has 0 saturated carbocycles. The maximum Gasteiger partial charge on any atom is 0.330 e. The molecule has 0 radical (unpaired) electrons. The van der Waals surface area contributed by atoms with Crippen molar-refractivity contribution in [2.75, 3.05) is 38.1 Å². The standard InChI is InChI=1S/C45H45N7O9/c1-48(32-15-20-35(60-3)21-16-32)43(55)37(25-30-11-7-5-8-12-30)46-41(53)28-50-39-24-19-34(52(58)59)27-40(39)51(45(50)57)29-42(54)47-38(26-31-13-9-6-10-14-31)44(56)49(2)33-17-22-36(61-4)23-18-33/h5-24,27,37-38H,25-26,28-29H2,1-4H3,(H,46,53)(H,47,54)/t37-,38-/m0/s1. The number of methoxy groups -OCH3 is 2. The van der Waals surface area contributed by atoms with Gasteiger partial charge in [0.25, 0.3) is 5.69 Å². The lowest BCUT2D eigenvalue weighted by Crippen LogP contribution is -2.50. The molecule has 16 heteroatoms. The Morgan fingerprint density at radius 3 is 1.43 bits per heavy atom. The van der Waals surface area contributed by atoms with Gasteiger partial charge in [0, 0.05) is 50.4 Å². The molecule has 1 aromatic heterocycles. The van der Waals surface area contributed by atoms with Gasteiger partial charge in [-0.2, -0.15) is 0 Å². The van der Waals surface area contributed by atoms with E-state index < -0.39 is 59.4 Å². The number of hydrogen-bond donors (Lipinski definition) is 2. The average molecular weight is 828 g/mol. The molecule has 6 rings (SSSR count). The number of likely N-dealkylation sites (N-methyl/N-ethyl adjacent to an activating group) is 2. The van der Waals surface area contributed by atoms with Gasteiger partial charge in [-0.15, -0.1) is 0 Å². The number of nitrogens with one attached hydrogen (secondary N) is 2. The largest absolute Gasteiger partial charge is 0.497 e. The summed E-state index contributed by atoms with van der Waals surface area (Å²) in [6.45, 7) is -1.23. The summed E-state index contributed by atoms with van der Waals surface area (Å²) in [5, 5.41) is 17.4. The van der Waals surface area contributed by atoms with E-state index in [0.717, 1.165) is 26.3 Å². The number of non-ortho nitro benzene ring substituents is 1. The van der Waals surface area contributed by atoms with Crippen LogP contribution in [0.15, 0.2) is 132 Å². The van der Waals surface area contributed by atoms with E-state index in [2.05, 4.69) is 10.6 Å². The highest BCUT2D eigenvalue weighted by Crippen LogP contribution is 2.23. The van der Waals surface area contributed by atoms with Gasteiger partial charge in [0.15, 0.2) is 0 Å². The Morgan fingerprint density at radius 2 is 1.03 bits per heavy atom. The van der Waals surface area contributed by atoms with E-state index >= 15 is 0 Å². The predicted molar refractivity (Wildman–Crippen MR) is 230 cm³/mol. The van der Waals surface area contributed by atoms with E-state index in [0.29, 0.717) is 22.9 Å². The number of nitro groups is 1. The van der Waals surface area contributed by atoms with Crippen LogP contribution in [0.3, 0.4) is 0 Å². The number of amides is 4. The van der Waals surface area contributed by atoms with Crippen molar-refractivity contribution < 1.29 is 33.6 Å². The van der Waals surface area contributed by atoms with Crippen LogP contribution < -0.4 is 35.6 Å². The smallest absolute Gasteiger partial charge is 0.330 e. The summed E-state index contributed by atoms with van der Waals surface area (Å²) in [4.78, 5) is 83.9. The van der Waals surface area contributed by atoms with Crippen molar-refractivity contribution in [2.24, 2.45) is 0 Å². The first-order chi connectivity index (χ1) is 29.4. The SMILES string of the molecule is COc1ccc(N(C)C(=O)[C@H](Cc2ccccc2)NC(=O)Cn2c(=O)n(CC(=O)N[C@@H](Cc3ccccc3)C(=O)N(C)c3ccc(OC)cc3)c3cc([N+](=O)[O-])ccc32)cc1. The minimum absolute atomic E-state index is 0.0135. The number of aromatic nitrogens is 2. The number of fused-ring (bicyclic) bond motifs is 1. The summed E-state index contributed by atoms with van der Waals surface area (Å²) in [6, 6.07) is 33.3. The molecule has 0 aliphatic heterocycles. The number of anilines is 2. The van der Waals surface area contributed by atoms with Crippen molar-refractivity contribution in [3.8, 4) is 11.5 Å². The van der Waals surface area contributed by atoms with Gasteiger partial charge in [0.1, 0.15) is 36.7 Å². The third-order valence-electron chi connectivity index (χ3n) is 10.2. The van der Waals surface area contributed by atoms with Gasteiger partial charge in [-0.25, -0.2) is 4.79 Å². The fraction of sp³-hybridized carbons (Fsp3) is 0.222. The molecule has 1 heterocycles. The molecular weight excluding hydrogens is 783 g/mol. The minimum atomic E-state index is -1.08. The van der Waals surface area contributed by atoms with Crippen LogP contribution in [-0.2, 0) is 45.1 Å². The van der Waals surface area contributed by atoms with E-state index in [-0.39, 0.29) is 29.6 Å². The maximum absolute atomic E-state index is 14.2. The molecular formula is C45H45N7O9. The molecule has 0 bridgehead atoms. The molecule has 2 atom stereocenters. The fourth-order valence-corrected chi connectivity index (χ4v) is 6.93. The van der Waals surface area contributed by atoms with Gasteiger partial charge in [-0.3, -0.25) is 38.4 Å². The Labute approximate surface area is 351 Å². The molecule has 0 aliphatic carbocycles. The Balaban J connectivity index is 1.27. The van der Waals surface area contributed by atoms with Crippen LogP contribution in [0, 0.1) is 10.1 Å². The quantitative estimate of drug-likeness (QED) is 0.0986. The first kappa shape index (κ1) is 42.8. The molecule has 16 nitrogen and oxygen atoms in total. The number of hydrogen-bond acceptors (Lipinski definition) is 9. The summed E-state index contributed by atoms with van der Waals surface area (Å²) in [5.41, 5.74) is 1.62. The van der Waals surface area contributed by atoms with Crippen molar-refractivity contribution in [2.45, 2.75) is 38.0 Å². The van der Waals surface area contributed by atoms with Gasteiger partial charge < -0.3 is 29.9 Å². The summed E-state index contributed by atoms with van der Waals surface area (Å²) in [7, 11) is 6.22. The molecule has 61 heavy (non-hydrogen) atoms. The molecule has 2 N–H and O–H groups in total. The van der Waals surface area contributed by atoms with Crippen LogP contribution in [0.25, 0.3) is 11.0 Å². The zero-order valence-corrected chi connectivity index (χ0v) is 34.0. The maximum atomic E-state index is 14.2. The van der Waals surface area contributed by atoms with Crippen molar-refractivity contribution in [3.63, 3.8) is 0 Å². The van der Waals surface area contributed by atoms with Crippen LogP contribution in [-0.4, -0.2) is 78.1 Å². The Bertz CT molecular complexity index is 2580. The van der Waals surface area contributed by atoms with Gasteiger partial charge in [0.2, 0.25) is 23.6 Å². The van der Waals surface area contributed by atoms with Crippen molar-refractivity contribution in [1.82, 2.24) is 19.8 Å². The second kappa shape index (κ2) is 19.3. The molecule has 314 valence electrons. The van der Waals surface area contributed by atoms with Crippen LogP contribution in [0.1, 0.15) is 11.1 Å². The van der Waals surface area contributed by atoms with E-state index in [1.165, 1.54) is 36.2 Å². The number of ether oxygens (including phenoxy) is 2.